The lowest BCUT2D eigenvalue weighted by atomic mass is 10.2. The van der Waals surface area contributed by atoms with Crippen LogP contribution in [0.3, 0.4) is 0 Å². The Morgan fingerprint density at radius 2 is 1.83 bits per heavy atom. The molecule has 1 heterocycles. The van der Waals surface area contributed by atoms with Gasteiger partial charge in [-0.2, -0.15) is 0 Å². The third-order valence-electron chi connectivity index (χ3n) is 4.64. The second-order valence-corrected chi connectivity index (χ2v) is 9.90. The summed E-state index contributed by atoms with van der Waals surface area (Å²) in [6, 6.07) is 11.4. The number of carbonyl (C=O) groups excluding carboxylic acids is 2. The number of benzene rings is 2. The fourth-order valence-electron chi connectivity index (χ4n) is 3.27. The molecule has 0 saturated heterocycles. The maximum Gasteiger partial charge on any atom is 0.340 e. The highest BCUT2D eigenvalue weighted by atomic mass is 79.9. The summed E-state index contributed by atoms with van der Waals surface area (Å²) in [7, 11) is -3.78. The van der Waals surface area contributed by atoms with E-state index in [0.29, 0.717) is 11.0 Å². The number of halogens is 1. The Kier molecular flexibility index (Phi) is 6.64. The number of carbonyl (C=O) groups is 2. The largest absolute Gasteiger partial charge is 0.449 e. The highest BCUT2D eigenvalue weighted by Crippen LogP contribution is 2.29. The lowest BCUT2D eigenvalue weighted by Gasteiger charge is -2.22. The van der Waals surface area contributed by atoms with Crippen LogP contribution in [-0.2, 0) is 26.0 Å². The number of esters is 1. The summed E-state index contributed by atoms with van der Waals surface area (Å²) in [4.78, 5) is 27.1. The molecule has 3 rings (SSSR count). The summed E-state index contributed by atoms with van der Waals surface area (Å²) < 4.78 is 33.0. The van der Waals surface area contributed by atoms with Crippen molar-refractivity contribution in [1.29, 1.82) is 0 Å². The number of ether oxygens (including phenoxy) is 1. The van der Waals surface area contributed by atoms with Crippen molar-refractivity contribution in [3.63, 3.8) is 0 Å². The van der Waals surface area contributed by atoms with E-state index in [2.05, 4.69) is 20.7 Å². The molecule has 0 aromatic heterocycles. The van der Waals surface area contributed by atoms with E-state index in [1.54, 1.807) is 18.7 Å². The van der Waals surface area contributed by atoms with Crippen LogP contribution in [0.4, 0.5) is 5.69 Å². The molecule has 0 unspecified atom stereocenters. The van der Waals surface area contributed by atoms with E-state index < -0.39 is 22.1 Å². The molecule has 1 amide bonds. The number of amides is 1. The van der Waals surface area contributed by atoms with Gasteiger partial charge in [-0.3, -0.25) is 4.79 Å². The van der Waals surface area contributed by atoms with Crippen molar-refractivity contribution in [2.24, 2.45) is 0 Å². The molecule has 1 N–H and O–H groups in total. The van der Waals surface area contributed by atoms with Crippen molar-refractivity contribution in [3.8, 4) is 0 Å². The number of rotatable bonds is 6. The number of sulfonamides is 1. The third-order valence-corrected chi connectivity index (χ3v) is 6.99. The van der Waals surface area contributed by atoms with Crippen molar-refractivity contribution in [2.45, 2.75) is 44.2 Å². The Hall–Kier alpha value is -2.23. The van der Waals surface area contributed by atoms with Gasteiger partial charge in [0.1, 0.15) is 0 Å². The Bertz CT molecular complexity index is 1080. The quantitative estimate of drug-likeness (QED) is 0.622. The van der Waals surface area contributed by atoms with Gasteiger partial charge in [-0.05, 0) is 73.0 Å². The number of nitrogens with one attached hydrogen (secondary N) is 1. The molecule has 0 saturated carbocycles. The van der Waals surface area contributed by atoms with Gasteiger partial charge in [0.15, 0.2) is 6.10 Å². The van der Waals surface area contributed by atoms with Crippen LogP contribution < -0.4 is 9.62 Å². The predicted molar refractivity (Wildman–Crippen MR) is 117 cm³/mol. The number of nitrogens with zero attached hydrogens (tertiary/aromatic N) is 1. The van der Waals surface area contributed by atoms with E-state index in [0.717, 1.165) is 17.7 Å². The first-order valence-corrected chi connectivity index (χ1v) is 11.8. The molecule has 1 aliphatic rings. The first-order chi connectivity index (χ1) is 14.1. The molecule has 1 atom stereocenters. The van der Waals surface area contributed by atoms with E-state index in [-0.39, 0.29) is 22.4 Å². The standard InChI is InChI=1S/C21H23BrN2O5S/c1-13(2)23-30(27,28)16-8-9-18(22)17(12-16)21(26)29-14(3)20(25)24-11-10-15-6-4-5-7-19(15)24/h4-9,12-14,23H,10-11H2,1-3H3/t14-/m0/s1. The van der Waals surface area contributed by atoms with Gasteiger partial charge < -0.3 is 9.64 Å². The van der Waals surface area contributed by atoms with Crippen LogP contribution in [0, 0.1) is 0 Å². The summed E-state index contributed by atoms with van der Waals surface area (Å²) >= 11 is 3.25. The molecule has 7 nitrogen and oxygen atoms in total. The SMILES string of the molecule is CC(C)NS(=O)(=O)c1ccc(Br)c(C(=O)O[C@@H](C)C(=O)N2CCc3ccccc32)c1. The lowest BCUT2D eigenvalue weighted by Crippen LogP contribution is -2.39. The zero-order valence-corrected chi connectivity index (χ0v) is 19.3. The number of anilines is 1. The second-order valence-electron chi connectivity index (χ2n) is 7.33. The molecule has 2 aromatic carbocycles. The Morgan fingerprint density at radius 3 is 2.53 bits per heavy atom. The Morgan fingerprint density at radius 1 is 1.13 bits per heavy atom. The minimum Gasteiger partial charge on any atom is -0.449 e. The maximum atomic E-state index is 12.8. The van der Waals surface area contributed by atoms with E-state index in [1.807, 2.05) is 24.3 Å². The molecule has 0 spiro atoms. The summed E-state index contributed by atoms with van der Waals surface area (Å²) in [5.74, 6) is -1.11. The molecule has 0 radical (unpaired) electrons. The Balaban J connectivity index is 1.77. The van der Waals surface area contributed by atoms with Gasteiger partial charge in [0.05, 0.1) is 10.5 Å². The molecule has 1 aliphatic heterocycles. The number of hydrogen-bond acceptors (Lipinski definition) is 5. The fourth-order valence-corrected chi connectivity index (χ4v) is 4.95. The van der Waals surface area contributed by atoms with Crippen molar-refractivity contribution in [1.82, 2.24) is 4.72 Å². The molecular formula is C21H23BrN2O5S. The first-order valence-electron chi connectivity index (χ1n) is 9.52. The smallest absolute Gasteiger partial charge is 0.340 e. The van der Waals surface area contributed by atoms with E-state index in [1.165, 1.54) is 25.1 Å². The minimum atomic E-state index is -3.78. The van der Waals surface area contributed by atoms with E-state index in [4.69, 9.17) is 4.74 Å². The van der Waals surface area contributed by atoms with Gasteiger partial charge in [-0.1, -0.05) is 18.2 Å². The molecular weight excluding hydrogens is 472 g/mol. The highest BCUT2D eigenvalue weighted by molar-refractivity contribution is 9.10. The van der Waals surface area contributed by atoms with Crippen LogP contribution in [-0.4, -0.2) is 39.0 Å². The number of fused-ring (bicyclic) bond motifs is 1. The average Bonchev–Trinajstić information content (AvgIpc) is 3.10. The van der Waals surface area contributed by atoms with Gasteiger partial charge in [-0.15, -0.1) is 0 Å². The van der Waals surface area contributed by atoms with Crippen LogP contribution in [0.1, 0.15) is 36.7 Å². The molecule has 9 heteroatoms. The van der Waals surface area contributed by atoms with Crippen LogP contribution in [0.25, 0.3) is 0 Å². The summed E-state index contributed by atoms with van der Waals surface area (Å²) in [6.45, 7) is 5.44. The summed E-state index contributed by atoms with van der Waals surface area (Å²) in [6.07, 6.45) is -0.277. The number of para-hydroxylation sites is 1. The van der Waals surface area contributed by atoms with Crippen molar-refractivity contribution < 1.29 is 22.7 Å². The van der Waals surface area contributed by atoms with Crippen LogP contribution in [0.5, 0.6) is 0 Å². The van der Waals surface area contributed by atoms with Gasteiger partial charge in [0.2, 0.25) is 10.0 Å². The predicted octanol–water partition coefficient (Wildman–Crippen LogP) is 3.27. The van der Waals surface area contributed by atoms with Crippen LogP contribution >= 0.6 is 15.9 Å². The maximum absolute atomic E-state index is 12.8. The van der Waals surface area contributed by atoms with Crippen molar-refractivity contribution in [3.05, 3.63) is 58.1 Å². The Labute approximate surface area is 184 Å². The lowest BCUT2D eigenvalue weighted by molar-refractivity contribution is -0.126. The zero-order valence-electron chi connectivity index (χ0n) is 16.9. The minimum absolute atomic E-state index is 0.0307. The van der Waals surface area contributed by atoms with Gasteiger partial charge in [0, 0.05) is 22.7 Å². The van der Waals surface area contributed by atoms with E-state index >= 15 is 0 Å². The molecule has 160 valence electrons. The van der Waals surface area contributed by atoms with Gasteiger partial charge in [-0.25, -0.2) is 17.9 Å². The van der Waals surface area contributed by atoms with E-state index in [9.17, 15) is 18.0 Å². The number of hydrogen-bond donors (Lipinski definition) is 1. The topological polar surface area (TPSA) is 92.8 Å². The average molecular weight is 495 g/mol. The van der Waals surface area contributed by atoms with Crippen molar-refractivity contribution >= 4 is 43.5 Å². The van der Waals surface area contributed by atoms with Gasteiger partial charge >= 0.3 is 5.97 Å². The molecule has 30 heavy (non-hydrogen) atoms. The molecule has 0 fully saturated rings. The summed E-state index contributed by atoms with van der Waals surface area (Å²) in [5, 5.41) is 0. The molecule has 0 bridgehead atoms. The first kappa shape index (κ1) is 22.5. The normalized spacial score (nSPS) is 14.5. The van der Waals surface area contributed by atoms with Crippen molar-refractivity contribution in [2.75, 3.05) is 11.4 Å². The third kappa shape index (κ3) is 4.74. The molecule has 0 aliphatic carbocycles. The molecule has 2 aromatic rings. The highest BCUT2D eigenvalue weighted by Gasteiger charge is 2.30. The monoisotopic (exact) mass is 494 g/mol. The summed E-state index contributed by atoms with van der Waals surface area (Å²) in [5.41, 5.74) is 1.92. The zero-order chi connectivity index (χ0) is 22.1. The fraction of sp³-hybridized carbons (Fsp3) is 0.333. The van der Waals surface area contributed by atoms with Gasteiger partial charge in [0.25, 0.3) is 5.91 Å². The second kappa shape index (κ2) is 8.87. The van der Waals surface area contributed by atoms with Crippen LogP contribution in [0.15, 0.2) is 51.8 Å². The van der Waals surface area contributed by atoms with Crippen LogP contribution in [0.2, 0.25) is 0 Å².